The molecule has 0 aliphatic carbocycles. The number of halogens is 2. The molecule has 5 nitrogen and oxygen atoms in total. The van der Waals surface area contributed by atoms with E-state index < -0.39 is 0 Å². The van der Waals surface area contributed by atoms with Gasteiger partial charge in [-0.2, -0.15) is 0 Å². The Hall–Kier alpha value is -2.28. The van der Waals surface area contributed by atoms with E-state index in [1.807, 2.05) is 45.9 Å². The number of thioether (sulfide) groups is 1. The molecule has 4 aromatic rings. The summed E-state index contributed by atoms with van der Waals surface area (Å²) >= 11 is 14.3. The van der Waals surface area contributed by atoms with E-state index in [1.165, 1.54) is 0 Å². The molecule has 0 saturated carbocycles. The molecule has 136 valence electrons. The van der Waals surface area contributed by atoms with Crippen molar-refractivity contribution in [2.24, 2.45) is 0 Å². The zero-order valence-corrected chi connectivity index (χ0v) is 16.4. The van der Waals surface area contributed by atoms with Crippen molar-refractivity contribution in [3.63, 3.8) is 0 Å². The molecular weight excluding hydrogens is 401 g/mol. The summed E-state index contributed by atoms with van der Waals surface area (Å²) in [6.07, 6.45) is 8.90. The molecule has 4 rings (SSSR count). The number of rotatable bonds is 6. The van der Waals surface area contributed by atoms with Gasteiger partial charge in [-0.05, 0) is 42.0 Å². The Bertz CT molecular complexity index is 1000. The van der Waals surface area contributed by atoms with Gasteiger partial charge in [0.2, 0.25) is 0 Å². The van der Waals surface area contributed by atoms with Crippen molar-refractivity contribution in [3.8, 4) is 5.69 Å². The van der Waals surface area contributed by atoms with Gasteiger partial charge in [0.25, 0.3) is 0 Å². The molecule has 0 radical (unpaired) electrons. The highest BCUT2D eigenvalue weighted by Gasteiger charge is 2.17. The minimum atomic E-state index is 0.115. The van der Waals surface area contributed by atoms with Crippen LogP contribution in [0.5, 0.6) is 0 Å². The van der Waals surface area contributed by atoms with Crippen LogP contribution in [0.1, 0.15) is 10.8 Å². The first kappa shape index (κ1) is 18.1. The summed E-state index contributed by atoms with van der Waals surface area (Å²) in [5.41, 5.74) is 2.06. The van der Waals surface area contributed by atoms with Gasteiger partial charge in [0, 0.05) is 39.6 Å². The molecule has 27 heavy (non-hydrogen) atoms. The van der Waals surface area contributed by atoms with Crippen LogP contribution >= 0.6 is 35.0 Å². The van der Waals surface area contributed by atoms with E-state index >= 15 is 0 Å². The third-order valence-corrected chi connectivity index (χ3v) is 5.87. The van der Waals surface area contributed by atoms with E-state index in [-0.39, 0.29) is 5.25 Å². The molecule has 0 spiro atoms. The molecule has 2 heterocycles. The summed E-state index contributed by atoms with van der Waals surface area (Å²) in [6.45, 7) is 0.749. The molecular formula is C19H15Cl2N5S. The van der Waals surface area contributed by atoms with E-state index in [9.17, 15) is 0 Å². The van der Waals surface area contributed by atoms with Crippen LogP contribution in [0.15, 0.2) is 78.7 Å². The maximum Gasteiger partial charge on any atom is 0.123 e. The van der Waals surface area contributed by atoms with Crippen LogP contribution < -0.4 is 0 Å². The molecule has 2 aromatic heterocycles. The molecule has 0 fully saturated rings. The topological polar surface area (TPSA) is 48.5 Å². The lowest BCUT2D eigenvalue weighted by molar-refractivity contribution is 0.683. The van der Waals surface area contributed by atoms with Crippen LogP contribution in [-0.4, -0.2) is 24.3 Å². The Morgan fingerprint density at radius 3 is 2.41 bits per heavy atom. The standard InChI is InChI=1S/C19H15Cl2N5S/c20-14-1-6-17(18(21)9-14)19(10-25-8-7-22-11-25)27-16-4-2-15(3-5-16)26-12-23-24-13-26/h1-9,11-13,19H,10H2. The molecule has 0 N–H and O–H groups in total. The van der Waals surface area contributed by atoms with Gasteiger partial charge in [0.15, 0.2) is 0 Å². The number of imidazole rings is 1. The third-order valence-electron chi connectivity index (χ3n) is 4.08. The van der Waals surface area contributed by atoms with Crippen molar-refractivity contribution < 1.29 is 0 Å². The number of aromatic nitrogens is 5. The van der Waals surface area contributed by atoms with Crippen LogP contribution in [0.3, 0.4) is 0 Å². The fraction of sp³-hybridized carbons (Fsp3) is 0.105. The zero-order valence-electron chi connectivity index (χ0n) is 14.1. The number of nitrogens with zero attached hydrogens (tertiary/aromatic N) is 5. The van der Waals surface area contributed by atoms with Gasteiger partial charge >= 0.3 is 0 Å². The van der Waals surface area contributed by atoms with Gasteiger partial charge < -0.3 is 4.57 Å². The predicted octanol–water partition coefficient (Wildman–Crippen LogP) is 5.30. The third kappa shape index (κ3) is 4.35. The van der Waals surface area contributed by atoms with E-state index in [4.69, 9.17) is 23.2 Å². The van der Waals surface area contributed by atoms with E-state index in [0.29, 0.717) is 10.0 Å². The Morgan fingerprint density at radius 1 is 0.963 bits per heavy atom. The first-order chi connectivity index (χ1) is 13.2. The van der Waals surface area contributed by atoms with Crippen LogP contribution in [0.4, 0.5) is 0 Å². The summed E-state index contributed by atoms with van der Waals surface area (Å²) in [4.78, 5) is 5.28. The first-order valence-corrected chi connectivity index (χ1v) is 9.85. The minimum Gasteiger partial charge on any atom is -0.336 e. The largest absolute Gasteiger partial charge is 0.336 e. The average molecular weight is 416 g/mol. The number of benzene rings is 2. The maximum absolute atomic E-state index is 6.48. The SMILES string of the molecule is Clc1ccc(C(Cn2ccnc2)Sc2ccc(-n3cnnc3)cc2)c(Cl)c1. The second kappa shape index (κ2) is 8.17. The van der Waals surface area contributed by atoms with E-state index in [0.717, 1.165) is 22.7 Å². The average Bonchev–Trinajstić information content (AvgIpc) is 3.36. The Kier molecular flexibility index (Phi) is 5.48. The second-order valence-electron chi connectivity index (χ2n) is 5.89. The fourth-order valence-electron chi connectivity index (χ4n) is 2.74. The van der Waals surface area contributed by atoms with Gasteiger partial charge in [-0.3, -0.25) is 4.57 Å². The zero-order chi connectivity index (χ0) is 18.6. The minimum absolute atomic E-state index is 0.115. The van der Waals surface area contributed by atoms with Gasteiger partial charge in [0.05, 0.1) is 11.6 Å². The number of hydrogen-bond acceptors (Lipinski definition) is 4. The summed E-state index contributed by atoms with van der Waals surface area (Å²) in [6, 6.07) is 13.9. The molecule has 1 atom stereocenters. The smallest absolute Gasteiger partial charge is 0.123 e. The quantitative estimate of drug-likeness (QED) is 0.400. The van der Waals surface area contributed by atoms with Crippen molar-refractivity contribution in [1.82, 2.24) is 24.3 Å². The fourth-order valence-corrected chi connectivity index (χ4v) is 4.55. The van der Waals surface area contributed by atoms with Gasteiger partial charge in [-0.25, -0.2) is 4.98 Å². The molecule has 0 bridgehead atoms. The van der Waals surface area contributed by atoms with Crippen LogP contribution in [0.2, 0.25) is 10.0 Å². The summed E-state index contributed by atoms with van der Waals surface area (Å²) in [7, 11) is 0. The van der Waals surface area contributed by atoms with Gasteiger partial charge in [-0.15, -0.1) is 22.0 Å². The van der Waals surface area contributed by atoms with Crippen molar-refractivity contribution >= 4 is 35.0 Å². The van der Waals surface area contributed by atoms with Crippen molar-refractivity contribution in [2.75, 3.05) is 0 Å². The molecule has 1 unspecified atom stereocenters. The normalized spacial score (nSPS) is 12.2. The van der Waals surface area contributed by atoms with Crippen LogP contribution in [-0.2, 0) is 6.54 Å². The predicted molar refractivity (Wildman–Crippen MR) is 109 cm³/mol. The molecule has 0 aliphatic rings. The summed E-state index contributed by atoms with van der Waals surface area (Å²) < 4.78 is 3.92. The Labute approximate surface area is 171 Å². The van der Waals surface area contributed by atoms with Crippen LogP contribution in [0.25, 0.3) is 5.69 Å². The van der Waals surface area contributed by atoms with Crippen molar-refractivity contribution in [1.29, 1.82) is 0 Å². The maximum atomic E-state index is 6.48. The highest BCUT2D eigenvalue weighted by atomic mass is 35.5. The lowest BCUT2D eigenvalue weighted by Crippen LogP contribution is -2.05. The molecule has 0 saturated heterocycles. The second-order valence-corrected chi connectivity index (χ2v) is 8.01. The number of hydrogen-bond donors (Lipinski definition) is 0. The first-order valence-electron chi connectivity index (χ1n) is 8.21. The van der Waals surface area contributed by atoms with Gasteiger partial charge in [-0.1, -0.05) is 29.3 Å². The molecule has 0 amide bonds. The monoisotopic (exact) mass is 415 g/mol. The summed E-state index contributed by atoms with van der Waals surface area (Å²) in [5, 5.41) is 9.10. The Balaban J connectivity index is 1.60. The molecule has 2 aromatic carbocycles. The summed E-state index contributed by atoms with van der Waals surface area (Å²) in [5.74, 6) is 0. The van der Waals surface area contributed by atoms with Crippen molar-refractivity contribution in [3.05, 3.63) is 89.4 Å². The van der Waals surface area contributed by atoms with Gasteiger partial charge in [0.1, 0.15) is 12.7 Å². The Morgan fingerprint density at radius 2 is 1.74 bits per heavy atom. The highest BCUT2D eigenvalue weighted by molar-refractivity contribution is 7.99. The van der Waals surface area contributed by atoms with Crippen LogP contribution in [0, 0.1) is 0 Å². The highest BCUT2D eigenvalue weighted by Crippen LogP contribution is 2.40. The van der Waals surface area contributed by atoms with E-state index in [2.05, 4.69) is 27.3 Å². The molecule has 0 aliphatic heterocycles. The lowest BCUT2D eigenvalue weighted by atomic mass is 10.1. The van der Waals surface area contributed by atoms with E-state index in [1.54, 1.807) is 36.7 Å². The molecule has 8 heteroatoms. The van der Waals surface area contributed by atoms with Crippen molar-refractivity contribution in [2.45, 2.75) is 16.7 Å². The lowest BCUT2D eigenvalue weighted by Gasteiger charge is -2.19.